The van der Waals surface area contributed by atoms with Crippen LogP contribution in [0.4, 0.5) is 5.69 Å². The molecule has 0 aliphatic carbocycles. The first-order chi connectivity index (χ1) is 19.9. The molecule has 1 amide bonds. The van der Waals surface area contributed by atoms with E-state index < -0.39 is 5.91 Å². The largest absolute Gasteiger partial charge is 0.490 e. The number of carbonyl (C=O) groups excluding carboxylic acids is 1. The van der Waals surface area contributed by atoms with E-state index >= 15 is 0 Å². The van der Waals surface area contributed by atoms with Gasteiger partial charge in [-0.1, -0.05) is 59.6 Å². The van der Waals surface area contributed by atoms with Crippen molar-refractivity contribution in [1.82, 2.24) is 0 Å². The van der Waals surface area contributed by atoms with Gasteiger partial charge >= 0.3 is 0 Å². The van der Waals surface area contributed by atoms with Crippen LogP contribution >= 0.6 is 39.1 Å². The highest BCUT2D eigenvalue weighted by molar-refractivity contribution is 9.10. The van der Waals surface area contributed by atoms with Gasteiger partial charge in [-0.05, 0) is 94.2 Å². The van der Waals surface area contributed by atoms with Gasteiger partial charge in [-0.3, -0.25) is 4.79 Å². The second kappa shape index (κ2) is 14.6. The number of benzene rings is 4. The van der Waals surface area contributed by atoms with Gasteiger partial charge in [-0.15, -0.1) is 0 Å². The van der Waals surface area contributed by atoms with Gasteiger partial charge < -0.3 is 19.5 Å². The van der Waals surface area contributed by atoms with Crippen molar-refractivity contribution in [3.05, 3.63) is 122 Å². The van der Waals surface area contributed by atoms with Crippen LogP contribution < -0.4 is 19.5 Å². The van der Waals surface area contributed by atoms with E-state index in [2.05, 4.69) is 21.2 Å². The molecule has 208 valence electrons. The monoisotopic (exact) mass is 650 g/mol. The molecular formula is C32H25BrCl2N2O4. The lowest BCUT2D eigenvalue weighted by atomic mass is 10.1. The van der Waals surface area contributed by atoms with Gasteiger partial charge in [-0.25, -0.2) is 0 Å². The summed E-state index contributed by atoms with van der Waals surface area (Å²) in [7, 11) is 0. The molecule has 0 fully saturated rings. The average molecular weight is 652 g/mol. The summed E-state index contributed by atoms with van der Waals surface area (Å²) in [6.45, 7) is 2.91. The van der Waals surface area contributed by atoms with Gasteiger partial charge in [0, 0.05) is 5.69 Å². The minimum absolute atomic E-state index is 0.0757. The number of hydrogen-bond acceptors (Lipinski definition) is 5. The second-order valence-corrected chi connectivity index (χ2v) is 10.4. The molecule has 0 radical (unpaired) electrons. The van der Waals surface area contributed by atoms with E-state index in [4.69, 9.17) is 37.4 Å². The topological polar surface area (TPSA) is 80.6 Å². The third kappa shape index (κ3) is 8.51. The van der Waals surface area contributed by atoms with Gasteiger partial charge in [0.05, 0.1) is 21.1 Å². The molecule has 0 aromatic heterocycles. The highest BCUT2D eigenvalue weighted by atomic mass is 79.9. The van der Waals surface area contributed by atoms with Crippen molar-refractivity contribution in [1.29, 1.82) is 5.26 Å². The summed E-state index contributed by atoms with van der Waals surface area (Å²) in [5, 5.41) is 13.4. The Morgan fingerprint density at radius 1 is 0.902 bits per heavy atom. The Morgan fingerprint density at radius 2 is 1.63 bits per heavy atom. The van der Waals surface area contributed by atoms with Crippen LogP contribution in [0.3, 0.4) is 0 Å². The van der Waals surface area contributed by atoms with Gasteiger partial charge in [-0.2, -0.15) is 5.26 Å². The van der Waals surface area contributed by atoms with Crippen LogP contribution in [0.25, 0.3) is 6.08 Å². The zero-order valence-corrected chi connectivity index (χ0v) is 25.1. The molecule has 0 saturated carbocycles. The number of halogens is 3. The summed E-state index contributed by atoms with van der Waals surface area (Å²) in [4.78, 5) is 12.9. The van der Waals surface area contributed by atoms with E-state index in [0.717, 1.165) is 11.1 Å². The lowest BCUT2D eigenvalue weighted by Crippen LogP contribution is -2.13. The van der Waals surface area contributed by atoms with E-state index in [1.165, 1.54) is 6.08 Å². The number of carbonyl (C=O) groups is 1. The molecule has 0 atom stereocenters. The Bertz CT molecular complexity index is 1590. The minimum atomic E-state index is -0.542. The molecule has 0 unspecified atom stereocenters. The first-order valence-electron chi connectivity index (χ1n) is 12.6. The Morgan fingerprint density at radius 3 is 2.32 bits per heavy atom. The van der Waals surface area contributed by atoms with E-state index in [0.29, 0.717) is 56.2 Å². The lowest BCUT2D eigenvalue weighted by molar-refractivity contribution is -0.112. The number of ether oxygens (including phenoxy) is 3. The lowest BCUT2D eigenvalue weighted by Gasteiger charge is -2.15. The van der Waals surface area contributed by atoms with Crippen LogP contribution in [-0.4, -0.2) is 12.5 Å². The number of nitrogens with one attached hydrogen (secondary N) is 1. The quantitative estimate of drug-likeness (QED) is 0.129. The molecule has 1 N–H and O–H groups in total. The normalized spacial score (nSPS) is 11.0. The van der Waals surface area contributed by atoms with E-state index in [-0.39, 0.29) is 12.2 Å². The fourth-order valence-corrected chi connectivity index (χ4v) is 4.64. The van der Waals surface area contributed by atoms with Crippen molar-refractivity contribution < 1.29 is 19.0 Å². The Balaban J connectivity index is 1.45. The molecule has 4 aromatic rings. The summed E-state index contributed by atoms with van der Waals surface area (Å²) in [5.41, 5.74) is 2.92. The smallest absolute Gasteiger partial charge is 0.266 e. The molecule has 0 heterocycles. The van der Waals surface area contributed by atoms with Crippen molar-refractivity contribution in [3.63, 3.8) is 0 Å². The third-order valence-corrected chi connectivity index (χ3v) is 7.06. The summed E-state index contributed by atoms with van der Waals surface area (Å²) in [6.07, 6.45) is 1.49. The maximum Gasteiger partial charge on any atom is 0.266 e. The molecule has 0 spiro atoms. The van der Waals surface area contributed by atoms with Crippen LogP contribution in [0, 0.1) is 11.3 Å². The van der Waals surface area contributed by atoms with Crippen molar-refractivity contribution >= 4 is 56.8 Å². The fourth-order valence-electron chi connectivity index (χ4n) is 3.75. The van der Waals surface area contributed by atoms with Crippen molar-refractivity contribution in [2.45, 2.75) is 20.1 Å². The maximum atomic E-state index is 12.9. The number of anilines is 1. The van der Waals surface area contributed by atoms with Crippen LogP contribution in [0.2, 0.25) is 10.0 Å². The molecule has 6 nitrogen and oxygen atoms in total. The Kier molecular flexibility index (Phi) is 10.7. The second-order valence-electron chi connectivity index (χ2n) is 8.72. The van der Waals surface area contributed by atoms with Gasteiger partial charge in [0.1, 0.15) is 30.6 Å². The molecule has 0 aliphatic heterocycles. The van der Waals surface area contributed by atoms with Gasteiger partial charge in [0.25, 0.3) is 5.91 Å². The Labute approximate surface area is 257 Å². The molecule has 4 aromatic carbocycles. The van der Waals surface area contributed by atoms with Crippen LogP contribution in [-0.2, 0) is 18.0 Å². The highest BCUT2D eigenvalue weighted by Gasteiger charge is 2.15. The fraction of sp³-hybridized carbons (Fsp3) is 0.125. The summed E-state index contributed by atoms with van der Waals surface area (Å²) < 4.78 is 18.2. The number of rotatable bonds is 11. The zero-order chi connectivity index (χ0) is 29.2. The van der Waals surface area contributed by atoms with E-state index in [9.17, 15) is 10.1 Å². The van der Waals surface area contributed by atoms with Crippen molar-refractivity contribution in [3.8, 4) is 23.3 Å². The minimum Gasteiger partial charge on any atom is -0.490 e. The van der Waals surface area contributed by atoms with Crippen molar-refractivity contribution in [2.75, 3.05) is 11.9 Å². The molecular weight excluding hydrogens is 627 g/mol. The summed E-state index contributed by atoms with van der Waals surface area (Å²) in [5.74, 6) is 1.06. The molecule has 9 heteroatoms. The maximum absolute atomic E-state index is 12.9. The SMILES string of the molecule is CCOc1cc(/C=C(\C#N)C(=O)Nc2ccc(OCc3ccccc3)cc2)cc(Br)c1OCc1ccc(Cl)c(Cl)c1. The predicted octanol–water partition coefficient (Wildman–Crippen LogP) is 8.86. The Hall–Kier alpha value is -3.96. The first kappa shape index (κ1) is 30.0. The van der Waals surface area contributed by atoms with Gasteiger partial charge in [0.2, 0.25) is 0 Å². The number of amides is 1. The molecule has 4 rings (SSSR count). The average Bonchev–Trinajstić information content (AvgIpc) is 2.97. The number of hydrogen-bond donors (Lipinski definition) is 1. The molecule has 0 saturated heterocycles. The molecule has 0 aliphatic rings. The van der Waals surface area contributed by atoms with Crippen molar-refractivity contribution in [2.24, 2.45) is 0 Å². The third-order valence-electron chi connectivity index (χ3n) is 5.74. The van der Waals surface area contributed by atoms with Crippen LogP contribution in [0.1, 0.15) is 23.6 Å². The number of nitrogens with zero attached hydrogens (tertiary/aromatic N) is 1. The first-order valence-corrected chi connectivity index (χ1v) is 14.1. The summed E-state index contributed by atoms with van der Waals surface area (Å²) in [6, 6.07) is 27.5. The van der Waals surface area contributed by atoms with Crippen LogP contribution in [0.15, 0.2) is 95.0 Å². The predicted molar refractivity (Wildman–Crippen MR) is 166 cm³/mol. The molecule has 41 heavy (non-hydrogen) atoms. The number of nitriles is 1. The van der Waals surface area contributed by atoms with E-state index in [1.807, 2.05) is 49.4 Å². The summed E-state index contributed by atoms with van der Waals surface area (Å²) >= 11 is 15.6. The van der Waals surface area contributed by atoms with E-state index in [1.54, 1.807) is 48.5 Å². The zero-order valence-electron chi connectivity index (χ0n) is 22.0. The van der Waals surface area contributed by atoms with Crippen LogP contribution in [0.5, 0.6) is 17.2 Å². The van der Waals surface area contributed by atoms with Gasteiger partial charge in [0.15, 0.2) is 11.5 Å². The molecule has 0 bridgehead atoms. The standard InChI is InChI=1S/C32H25BrCl2N2O4/c1-2-39-30-17-23(15-27(33)31(30)41-20-22-8-13-28(34)29(35)16-22)14-24(18-36)32(38)37-25-9-11-26(12-10-25)40-19-21-6-4-3-5-7-21/h3-17H,2,19-20H2,1H3,(H,37,38)/b24-14+. The highest BCUT2D eigenvalue weighted by Crippen LogP contribution is 2.38.